The van der Waals surface area contributed by atoms with Crippen molar-refractivity contribution in [2.24, 2.45) is 11.8 Å². The summed E-state index contributed by atoms with van der Waals surface area (Å²) in [6.45, 7) is 0.484. The highest BCUT2D eigenvalue weighted by atomic mass is 19.1. The van der Waals surface area contributed by atoms with Gasteiger partial charge in [-0.1, -0.05) is 12.1 Å². The number of rotatable bonds is 7. The summed E-state index contributed by atoms with van der Waals surface area (Å²) in [5.41, 5.74) is 2.67. The Morgan fingerprint density at radius 1 is 1.07 bits per heavy atom. The molecule has 4 rings (SSSR count). The predicted octanol–water partition coefficient (Wildman–Crippen LogP) is 2.37. The Morgan fingerprint density at radius 2 is 1.90 bits per heavy atom. The summed E-state index contributed by atoms with van der Waals surface area (Å²) in [6.07, 6.45) is 5.74. The molecule has 3 aromatic rings. The summed E-state index contributed by atoms with van der Waals surface area (Å²) in [5.74, 6) is 0.131. The largest absolute Gasteiger partial charge is 0.396 e. The van der Waals surface area contributed by atoms with Crippen LogP contribution in [0, 0.1) is 17.7 Å². The molecule has 0 radical (unpaired) electrons. The van der Waals surface area contributed by atoms with Gasteiger partial charge in [-0.2, -0.15) is 0 Å². The molecule has 30 heavy (non-hydrogen) atoms. The SMILES string of the molecule is OC[C@@H]1[C@@H](Cc2ccnc(-c3cccnc3)n2)[C@H](NCc2ccc(F)cc2)C[C@H]1O. The molecular formula is C23H25FN4O2. The first kappa shape index (κ1) is 20.5. The second kappa shape index (κ2) is 9.38. The summed E-state index contributed by atoms with van der Waals surface area (Å²) >= 11 is 0. The van der Waals surface area contributed by atoms with Crippen LogP contribution in [0.25, 0.3) is 11.4 Å². The van der Waals surface area contributed by atoms with Crippen molar-refractivity contribution in [1.82, 2.24) is 20.3 Å². The maximum atomic E-state index is 13.1. The van der Waals surface area contributed by atoms with E-state index in [9.17, 15) is 14.6 Å². The van der Waals surface area contributed by atoms with Crippen molar-refractivity contribution < 1.29 is 14.6 Å². The van der Waals surface area contributed by atoms with E-state index in [2.05, 4.69) is 20.3 Å². The van der Waals surface area contributed by atoms with Crippen molar-refractivity contribution in [3.8, 4) is 11.4 Å². The molecule has 0 spiro atoms. The standard InChI is InChI=1S/C23H25FN4O2/c24-17-5-3-15(4-6-17)12-27-21-11-22(30)20(14-29)19(21)10-18-7-9-26-23(28-18)16-2-1-8-25-13-16/h1-9,13,19-22,27,29-30H,10-12,14H2/t19-,20-,21-,22-/m1/s1. The minimum Gasteiger partial charge on any atom is -0.396 e. The van der Waals surface area contributed by atoms with Gasteiger partial charge in [-0.15, -0.1) is 0 Å². The number of aliphatic hydroxyl groups excluding tert-OH is 2. The number of hydrogen-bond donors (Lipinski definition) is 3. The quantitative estimate of drug-likeness (QED) is 0.556. The highest BCUT2D eigenvalue weighted by molar-refractivity contribution is 5.52. The number of pyridine rings is 1. The van der Waals surface area contributed by atoms with Gasteiger partial charge in [0.05, 0.1) is 6.10 Å². The number of benzene rings is 1. The van der Waals surface area contributed by atoms with Gasteiger partial charge in [0.25, 0.3) is 0 Å². The topological polar surface area (TPSA) is 91.2 Å². The summed E-state index contributed by atoms with van der Waals surface area (Å²) in [4.78, 5) is 13.1. The highest BCUT2D eigenvalue weighted by Gasteiger charge is 2.42. The summed E-state index contributed by atoms with van der Waals surface area (Å²) in [5, 5.41) is 23.8. The van der Waals surface area contributed by atoms with E-state index in [4.69, 9.17) is 0 Å². The average molecular weight is 408 g/mol. The Labute approximate surface area is 174 Å². The molecule has 0 unspecified atom stereocenters. The zero-order valence-corrected chi connectivity index (χ0v) is 16.5. The molecule has 0 aliphatic heterocycles. The van der Waals surface area contributed by atoms with E-state index in [1.807, 2.05) is 18.2 Å². The van der Waals surface area contributed by atoms with Crippen LogP contribution in [0.5, 0.6) is 0 Å². The first-order chi connectivity index (χ1) is 14.6. The van der Waals surface area contributed by atoms with Gasteiger partial charge < -0.3 is 15.5 Å². The Balaban J connectivity index is 1.50. The van der Waals surface area contributed by atoms with Gasteiger partial charge in [0.2, 0.25) is 0 Å². The summed E-state index contributed by atoms with van der Waals surface area (Å²) in [6, 6.07) is 12.0. The lowest BCUT2D eigenvalue weighted by atomic mass is 9.88. The van der Waals surface area contributed by atoms with Crippen LogP contribution in [-0.2, 0) is 13.0 Å². The lowest BCUT2D eigenvalue weighted by molar-refractivity contribution is 0.0716. The number of halogens is 1. The van der Waals surface area contributed by atoms with Crippen molar-refractivity contribution >= 4 is 0 Å². The van der Waals surface area contributed by atoms with Crippen molar-refractivity contribution in [3.05, 3.63) is 78.1 Å². The van der Waals surface area contributed by atoms with Crippen molar-refractivity contribution in [3.63, 3.8) is 0 Å². The molecule has 3 N–H and O–H groups in total. The Kier molecular flexibility index (Phi) is 6.42. The number of hydrogen-bond acceptors (Lipinski definition) is 6. The number of aromatic nitrogens is 3. The zero-order valence-electron chi connectivity index (χ0n) is 16.5. The summed E-state index contributed by atoms with van der Waals surface area (Å²) < 4.78 is 13.1. The Bertz CT molecular complexity index is 955. The van der Waals surface area contributed by atoms with Crippen LogP contribution in [0.2, 0.25) is 0 Å². The van der Waals surface area contributed by atoms with Crippen molar-refractivity contribution in [2.45, 2.75) is 31.5 Å². The number of nitrogens with one attached hydrogen (secondary N) is 1. The number of nitrogens with zero attached hydrogens (tertiary/aromatic N) is 3. The van der Waals surface area contributed by atoms with E-state index in [1.54, 1.807) is 30.7 Å². The molecule has 4 atom stereocenters. The van der Waals surface area contributed by atoms with Crippen LogP contribution in [0.1, 0.15) is 17.7 Å². The van der Waals surface area contributed by atoms with Crippen LogP contribution in [0.15, 0.2) is 61.1 Å². The second-order valence-electron chi connectivity index (χ2n) is 7.74. The van der Waals surface area contributed by atoms with Crippen LogP contribution < -0.4 is 5.32 Å². The maximum Gasteiger partial charge on any atom is 0.160 e. The van der Waals surface area contributed by atoms with Gasteiger partial charge in [-0.05, 0) is 54.7 Å². The molecule has 0 amide bonds. The van der Waals surface area contributed by atoms with Crippen LogP contribution >= 0.6 is 0 Å². The smallest absolute Gasteiger partial charge is 0.160 e. The maximum absolute atomic E-state index is 13.1. The first-order valence-electron chi connectivity index (χ1n) is 10.1. The lowest BCUT2D eigenvalue weighted by Crippen LogP contribution is -2.36. The van der Waals surface area contributed by atoms with Gasteiger partial charge in [-0.25, -0.2) is 14.4 Å². The highest BCUT2D eigenvalue weighted by Crippen LogP contribution is 2.35. The van der Waals surface area contributed by atoms with Crippen molar-refractivity contribution in [1.29, 1.82) is 0 Å². The lowest BCUT2D eigenvalue weighted by Gasteiger charge is -2.25. The zero-order chi connectivity index (χ0) is 20.9. The molecule has 1 saturated carbocycles. The third-order valence-corrected chi connectivity index (χ3v) is 5.83. The van der Waals surface area contributed by atoms with E-state index in [-0.39, 0.29) is 30.3 Å². The Hall–Kier alpha value is -2.74. The van der Waals surface area contributed by atoms with E-state index < -0.39 is 6.10 Å². The van der Waals surface area contributed by atoms with Crippen LogP contribution in [-0.4, -0.2) is 43.9 Å². The van der Waals surface area contributed by atoms with Gasteiger partial charge in [0.1, 0.15) is 5.82 Å². The van der Waals surface area contributed by atoms with E-state index >= 15 is 0 Å². The summed E-state index contributed by atoms with van der Waals surface area (Å²) in [7, 11) is 0. The Morgan fingerprint density at radius 3 is 2.63 bits per heavy atom. The predicted molar refractivity (Wildman–Crippen MR) is 111 cm³/mol. The molecule has 6 nitrogen and oxygen atoms in total. The van der Waals surface area contributed by atoms with Crippen LogP contribution in [0.3, 0.4) is 0 Å². The molecule has 1 aromatic carbocycles. The molecular weight excluding hydrogens is 383 g/mol. The molecule has 1 fully saturated rings. The molecule has 1 aliphatic carbocycles. The third kappa shape index (κ3) is 4.70. The fourth-order valence-electron chi connectivity index (χ4n) is 4.22. The molecule has 0 saturated heterocycles. The molecule has 2 heterocycles. The molecule has 156 valence electrons. The van der Waals surface area contributed by atoms with Gasteiger partial charge in [0.15, 0.2) is 5.82 Å². The van der Waals surface area contributed by atoms with Gasteiger partial charge >= 0.3 is 0 Å². The molecule has 7 heteroatoms. The average Bonchev–Trinajstić information content (AvgIpc) is 3.08. The van der Waals surface area contributed by atoms with Crippen LogP contribution in [0.4, 0.5) is 4.39 Å². The van der Waals surface area contributed by atoms with Crippen molar-refractivity contribution in [2.75, 3.05) is 6.61 Å². The monoisotopic (exact) mass is 408 g/mol. The molecule has 0 bridgehead atoms. The van der Waals surface area contributed by atoms with E-state index in [0.717, 1.165) is 16.8 Å². The van der Waals surface area contributed by atoms with Gasteiger partial charge in [0, 0.05) is 55.0 Å². The fourth-order valence-corrected chi connectivity index (χ4v) is 4.22. The van der Waals surface area contributed by atoms with E-state index in [0.29, 0.717) is 25.2 Å². The van der Waals surface area contributed by atoms with Gasteiger partial charge in [-0.3, -0.25) is 4.98 Å². The van der Waals surface area contributed by atoms with E-state index in [1.165, 1.54) is 12.1 Å². The first-order valence-corrected chi connectivity index (χ1v) is 10.1. The molecule has 1 aliphatic rings. The third-order valence-electron chi connectivity index (χ3n) is 5.83. The number of aliphatic hydroxyl groups is 2. The fraction of sp³-hybridized carbons (Fsp3) is 0.348. The second-order valence-corrected chi connectivity index (χ2v) is 7.74. The minimum absolute atomic E-state index is 0.0130. The normalized spacial score (nSPS) is 23.6. The minimum atomic E-state index is -0.578. The molecule has 2 aromatic heterocycles.